The minimum atomic E-state index is -3.88. The zero-order valence-corrected chi connectivity index (χ0v) is 32.4. The summed E-state index contributed by atoms with van der Waals surface area (Å²) in [6, 6.07) is 3.43. The molecule has 4 fully saturated rings. The van der Waals surface area contributed by atoms with Crippen LogP contribution < -0.4 is 20.1 Å². The summed E-state index contributed by atoms with van der Waals surface area (Å²) in [6.45, 7) is 8.40. The summed E-state index contributed by atoms with van der Waals surface area (Å²) in [4.78, 5) is 72.1. The molecule has 3 saturated carbocycles. The molecule has 3 N–H and O–H groups in total. The number of hydrogen-bond donors (Lipinski definition) is 3. The summed E-state index contributed by atoms with van der Waals surface area (Å²) in [7, 11) is -3.88. The van der Waals surface area contributed by atoms with Gasteiger partial charge < -0.3 is 29.7 Å². The number of fused-ring (bicyclic) bond motifs is 3. The third kappa shape index (κ3) is 7.85. The standard InChI is InChI=1S/C38H53N5O10S/c1-5-24-18-38(24,33(46)41-54(49,50)26-11-12-26)40-31(44)28-17-25-20-43(28)32(45)30(36(2,3)4)39-34(47)52-22-37(14-15-37)13-6-7-16-51-29-10-8-9-23-19-42(21-27(23)29)35(48)53-25/h8-10,24-26,28,30H,5-7,11-22H2,1-4H3,(H,39,47)(H,40,44)(H,41,46)/t24-,25+,28?,30+,38-/m0/s1. The molecule has 5 atom stereocenters. The number of alkyl carbamates (subject to hydrolysis) is 1. The van der Waals surface area contributed by atoms with Crippen LogP contribution in [0.2, 0.25) is 0 Å². The van der Waals surface area contributed by atoms with Crippen molar-refractivity contribution in [3.05, 3.63) is 29.3 Å². The number of nitrogens with one attached hydrogen (secondary N) is 3. The van der Waals surface area contributed by atoms with Crippen molar-refractivity contribution >= 4 is 39.9 Å². The zero-order valence-electron chi connectivity index (χ0n) is 31.6. The van der Waals surface area contributed by atoms with Crippen LogP contribution in [-0.2, 0) is 47.0 Å². The summed E-state index contributed by atoms with van der Waals surface area (Å²) in [5, 5.41) is 4.96. The second kappa shape index (κ2) is 14.2. The Hall–Kier alpha value is -4.08. The fourth-order valence-electron chi connectivity index (χ4n) is 8.16. The van der Waals surface area contributed by atoms with Gasteiger partial charge in [-0.25, -0.2) is 18.0 Å². The van der Waals surface area contributed by atoms with Gasteiger partial charge in [-0.2, -0.15) is 0 Å². The van der Waals surface area contributed by atoms with Crippen LogP contribution in [0.1, 0.15) is 103 Å². The Balaban J connectivity index is 1.15. The highest BCUT2D eigenvalue weighted by molar-refractivity contribution is 7.91. The molecular weight excluding hydrogens is 719 g/mol. The van der Waals surface area contributed by atoms with Crippen LogP contribution in [0.4, 0.5) is 9.59 Å². The van der Waals surface area contributed by atoms with E-state index in [0.29, 0.717) is 38.2 Å². The molecule has 16 heteroatoms. The number of rotatable bonds is 6. The average Bonchev–Trinajstić information content (AvgIpc) is 4.07. The fourth-order valence-corrected chi connectivity index (χ4v) is 9.53. The van der Waals surface area contributed by atoms with Gasteiger partial charge in [0.15, 0.2) is 0 Å². The van der Waals surface area contributed by atoms with Gasteiger partial charge >= 0.3 is 12.2 Å². The molecule has 6 aliphatic rings. The average molecular weight is 772 g/mol. The first-order chi connectivity index (χ1) is 25.5. The Labute approximate surface area is 316 Å². The van der Waals surface area contributed by atoms with Crippen LogP contribution in [0.25, 0.3) is 0 Å². The van der Waals surface area contributed by atoms with Gasteiger partial charge in [-0.1, -0.05) is 46.2 Å². The highest BCUT2D eigenvalue weighted by atomic mass is 32.2. The predicted octanol–water partition coefficient (Wildman–Crippen LogP) is 3.49. The molecule has 3 aliphatic carbocycles. The van der Waals surface area contributed by atoms with Crippen molar-refractivity contribution in [2.75, 3.05) is 19.8 Å². The quantitative estimate of drug-likeness (QED) is 0.386. The third-order valence-corrected chi connectivity index (χ3v) is 13.9. The van der Waals surface area contributed by atoms with Gasteiger partial charge in [0.1, 0.15) is 29.5 Å². The molecule has 4 bridgehead atoms. The molecule has 15 nitrogen and oxygen atoms in total. The number of amides is 5. The van der Waals surface area contributed by atoms with Gasteiger partial charge in [-0.15, -0.1) is 0 Å². The van der Waals surface area contributed by atoms with E-state index >= 15 is 0 Å². The molecule has 1 aromatic carbocycles. The first kappa shape index (κ1) is 38.2. The third-order valence-electron chi connectivity index (χ3n) is 12.1. The molecule has 1 saturated heterocycles. The highest BCUT2D eigenvalue weighted by Gasteiger charge is 2.62. The first-order valence-corrected chi connectivity index (χ1v) is 20.9. The van der Waals surface area contributed by atoms with E-state index in [1.54, 1.807) is 25.7 Å². The molecule has 296 valence electrons. The van der Waals surface area contributed by atoms with E-state index in [1.807, 2.05) is 25.1 Å². The first-order valence-electron chi connectivity index (χ1n) is 19.4. The lowest BCUT2D eigenvalue weighted by molar-refractivity contribution is -0.143. The van der Waals surface area contributed by atoms with Crippen molar-refractivity contribution in [3.8, 4) is 5.75 Å². The number of sulfonamides is 1. The monoisotopic (exact) mass is 771 g/mol. The lowest BCUT2D eigenvalue weighted by atomic mass is 9.85. The minimum Gasteiger partial charge on any atom is -0.493 e. The molecule has 5 amide bonds. The molecule has 0 radical (unpaired) electrons. The Kier molecular flexibility index (Phi) is 10.1. The van der Waals surface area contributed by atoms with Crippen LogP contribution in [0, 0.1) is 16.7 Å². The number of benzene rings is 1. The second-order valence-electron chi connectivity index (χ2n) is 17.3. The molecule has 3 aliphatic heterocycles. The maximum absolute atomic E-state index is 14.5. The molecule has 1 aromatic rings. The molecule has 54 heavy (non-hydrogen) atoms. The molecule has 7 rings (SSSR count). The summed E-state index contributed by atoms with van der Waals surface area (Å²) in [5.74, 6) is -1.64. The fraction of sp³-hybridized carbons (Fsp3) is 0.711. The molecule has 0 aromatic heterocycles. The van der Waals surface area contributed by atoms with E-state index in [0.717, 1.165) is 43.2 Å². The van der Waals surface area contributed by atoms with Gasteiger partial charge in [0.2, 0.25) is 21.8 Å². The van der Waals surface area contributed by atoms with Crippen molar-refractivity contribution in [3.63, 3.8) is 0 Å². The number of cyclic esters (lactones) is 1. The SMILES string of the molecule is CC[C@H]1C[C@@]1(NC(=O)C1C[C@@H]2CN1C(=O)[C@H](C(C)(C)C)NC(=O)OCC1(CCCCOc3cccc4c3CN(C4)C(=O)O2)CC1)C(=O)NS(=O)(=O)C1CC1. The predicted molar refractivity (Wildman–Crippen MR) is 194 cm³/mol. The zero-order chi connectivity index (χ0) is 38.6. The van der Waals surface area contributed by atoms with Crippen molar-refractivity contribution in [1.82, 2.24) is 25.2 Å². The van der Waals surface area contributed by atoms with Gasteiger partial charge in [0.25, 0.3) is 5.91 Å². The number of nitrogens with zero attached hydrogens (tertiary/aromatic N) is 2. The second-order valence-corrected chi connectivity index (χ2v) is 19.2. The molecular formula is C38H53N5O10S. The summed E-state index contributed by atoms with van der Waals surface area (Å²) < 4.78 is 45.5. The topological polar surface area (TPSA) is 190 Å². The largest absolute Gasteiger partial charge is 0.493 e. The molecule has 1 spiro atoms. The van der Waals surface area contributed by atoms with E-state index in [9.17, 15) is 32.4 Å². The number of carbonyl (C=O) groups is 5. The maximum atomic E-state index is 14.5. The van der Waals surface area contributed by atoms with E-state index in [4.69, 9.17) is 14.2 Å². The van der Waals surface area contributed by atoms with Crippen molar-refractivity contribution in [1.29, 1.82) is 0 Å². The van der Waals surface area contributed by atoms with E-state index in [1.165, 1.54) is 4.90 Å². The molecule has 1 unspecified atom stereocenters. The number of carbonyl (C=O) groups excluding carboxylic acids is 5. The van der Waals surface area contributed by atoms with Crippen LogP contribution in [0.15, 0.2) is 18.2 Å². The van der Waals surface area contributed by atoms with Gasteiger partial charge in [0.05, 0.1) is 31.6 Å². The Morgan fingerprint density at radius 1 is 1.04 bits per heavy atom. The van der Waals surface area contributed by atoms with Crippen molar-refractivity contribution in [2.24, 2.45) is 16.7 Å². The van der Waals surface area contributed by atoms with Gasteiger partial charge in [0, 0.05) is 23.9 Å². The summed E-state index contributed by atoms with van der Waals surface area (Å²) >= 11 is 0. The van der Waals surface area contributed by atoms with E-state index < -0.39 is 74.3 Å². The van der Waals surface area contributed by atoms with Crippen LogP contribution in [0.3, 0.4) is 0 Å². The number of hydrogen-bond acceptors (Lipinski definition) is 10. The lowest BCUT2D eigenvalue weighted by Crippen LogP contribution is -2.60. The lowest BCUT2D eigenvalue weighted by Gasteiger charge is -2.35. The maximum Gasteiger partial charge on any atom is 0.410 e. The summed E-state index contributed by atoms with van der Waals surface area (Å²) in [6.07, 6.45) is 3.82. The smallest absolute Gasteiger partial charge is 0.410 e. The Morgan fingerprint density at radius 2 is 1.80 bits per heavy atom. The summed E-state index contributed by atoms with van der Waals surface area (Å²) in [5.41, 5.74) is -0.529. The van der Waals surface area contributed by atoms with Crippen LogP contribution in [0.5, 0.6) is 5.75 Å². The Bertz CT molecular complexity index is 1800. The minimum absolute atomic E-state index is 0.0723. The molecule has 3 heterocycles. The van der Waals surface area contributed by atoms with Crippen molar-refractivity contribution in [2.45, 2.75) is 134 Å². The van der Waals surface area contributed by atoms with E-state index in [-0.39, 0.29) is 43.9 Å². The normalized spacial score (nSPS) is 30.0. The van der Waals surface area contributed by atoms with E-state index in [2.05, 4.69) is 15.4 Å². The van der Waals surface area contributed by atoms with Crippen LogP contribution >= 0.6 is 0 Å². The van der Waals surface area contributed by atoms with Gasteiger partial charge in [-0.3, -0.25) is 24.0 Å². The van der Waals surface area contributed by atoms with Crippen LogP contribution in [-0.4, -0.2) is 96.9 Å². The highest BCUT2D eigenvalue weighted by Crippen LogP contribution is 2.50. The van der Waals surface area contributed by atoms with Crippen molar-refractivity contribution < 1.29 is 46.6 Å². The number of ether oxygens (including phenoxy) is 3. The van der Waals surface area contributed by atoms with Gasteiger partial charge in [-0.05, 0) is 74.3 Å². The Morgan fingerprint density at radius 3 is 2.46 bits per heavy atom.